The Kier molecular flexibility index (Phi) is 6.41. The van der Waals surface area contributed by atoms with Gasteiger partial charge in [0.15, 0.2) is 0 Å². The molecular formula is C17H25N3O. The molecule has 1 amide bonds. The van der Waals surface area contributed by atoms with Crippen LogP contribution in [-0.2, 0) is 4.79 Å². The summed E-state index contributed by atoms with van der Waals surface area (Å²) in [6, 6.07) is 3.80. The number of unbranched alkanes of at least 4 members (excludes halogenated alkanes) is 1. The Morgan fingerprint density at radius 1 is 1.38 bits per heavy atom. The highest BCUT2D eigenvalue weighted by molar-refractivity contribution is 5.96. The number of hydrogen-bond donors (Lipinski definition) is 2. The summed E-state index contributed by atoms with van der Waals surface area (Å²) in [5.41, 5.74) is 7.11. The summed E-state index contributed by atoms with van der Waals surface area (Å²) in [5.74, 6) is 0.534. The monoisotopic (exact) mass is 287 g/mol. The summed E-state index contributed by atoms with van der Waals surface area (Å²) in [7, 11) is 0. The van der Waals surface area contributed by atoms with Crippen LogP contribution in [0.3, 0.4) is 0 Å². The van der Waals surface area contributed by atoms with Crippen molar-refractivity contribution in [1.29, 1.82) is 0 Å². The molecule has 2 rings (SSSR count). The molecular weight excluding hydrogens is 262 g/mol. The van der Waals surface area contributed by atoms with Gasteiger partial charge in [0.2, 0.25) is 5.91 Å². The van der Waals surface area contributed by atoms with Gasteiger partial charge in [-0.05, 0) is 62.4 Å². The van der Waals surface area contributed by atoms with E-state index in [1.54, 1.807) is 12.4 Å². The van der Waals surface area contributed by atoms with Crippen molar-refractivity contribution in [2.24, 2.45) is 11.7 Å². The molecule has 0 atom stereocenters. The second-order valence-electron chi connectivity index (χ2n) is 5.76. The number of amides is 1. The third kappa shape index (κ3) is 5.68. The standard InChI is InChI=1S/C17H25N3O/c18-17(21)16(12-15-5-3-9-20-13-15)6-2-1-4-14-7-10-19-11-8-14/h3,5,9,12-14,19H,1-2,4,6-8,10-11H2,(H2,18,21). The summed E-state index contributed by atoms with van der Waals surface area (Å²) >= 11 is 0. The Balaban J connectivity index is 1.78. The molecule has 4 heteroatoms. The van der Waals surface area contributed by atoms with Crippen LogP contribution in [0.15, 0.2) is 30.1 Å². The molecule has 0 aliphatic carbocycles. The number of nitrogens with one attached hydrogen (secondary N) is 1. The summed E-state index contributed by atoms with van der Waals surface area (Å²) in [6.45, 7) is 2.30. The van der Waals surface area contributed by atoms with Crippen molar-refractivity contribution >= 4 is 12.0 Å². The second kappa shape index (κ2) is 8.57. The van der Waals surface area contributed by atoms with Crippen LogP contribution in [0.4, 0.5) is 0 Å². The molecule has 1 aromatic heterocycles. The Bertz CT molecular complexity index is 464. The average Bonchev–Trinajstić information content (AvgIpc) is 2.52. The highest BCUT2D eigenvalue weighted by atomic mass is 16.1. The van der Waals surface area contributed by atoms with E-state index in [1.165, 1.54) is 25.7 Å². The maximum absolute atomic E-state index is 11.5. The molecule has 0 bridgehead atoms. The van der Waals surface area contributed by atoms with Gasteiger partial charge in [0, 0.05) is 18.0 Å². The first-order valence-electron chi connectivity index (χ1n) is 7.87. The molecule has 0 aromatic carbocycles. The van der Waals surface area contributed by atoms with Gasteiger partial charge >= 0.3 is 0 Å². The van der Waals surface area contributed by atoms with Crippen molar-refractivity contribution in [2.45, 2.75) is 38.5 Å². The van der Waals surface area contributed by atoms with E-state index in [0.717, 1.165) is 37.4 Å². The van der Waals surface area contributed by atoms with E-state index in [9.17, 15) is 4.79 Å². The van der Waals surface area contributed by atoms with Gasteiger partial charge in [0.25, 0.3) is 0 Å². The molecule has 21 heavy (non-hydrogen) atoms. The van der Waals surface area contributed by atoms with Gasteiger partial charge in [0.1, 0.15) is 0 Å². The fraction of sp³-hybridized carbons (Fsp3) is 0.529. The van der Waals surface area contributed by atoms with E-state index in [1.807, 2.05) is 18.2 Å². The van der Waals surface area contributed by atoms with Gasteiger partial charge < -0.3 is 11.1 Å². The molecule has 1 fully saturated rings. The quantitative estimate of drug-likeness (QED) is 0.598. The molecule has 0 unspecified atom stereocenters. The fourth-order valence-corrected chi connectivity index (χ4v) is 2.85. The van der Waals surface area contributed by atoms with Crippen LogP contribution < -0.4 is 11.1 Å². The summed E-state index contributed by atoms with van der Waals surface area (Å²) in [4.78, 5) is 15.6. The van der Waals surface area contributed by atoms with E-state index < -0.39 is 0 Å². The van der Waals surface area contributed by atoms with E-state index in [-0.39, 0.29) is 5.91 Å². The normalized spacial score (nSPS) is 16.9. The number of carbonyl (C=O) groups is 1. The van der Waals surface area contributed by atoms with Gasteiger partial charge in [-0.1, -0.05) is 18.9 Å². The SMILES string of the molecule is NC(=O)C(=Cc1cccnc1)CCCCC1CCNCC1. The molecule has 1 aliphatic rings. The molecule has 4 nitrogen and oxygen atoms in total. The number of carbonyl (C=O) groups excluding carboxylic acids is 1. The summed E-state index contributed by atoms with van der Waals surface area (Å²) in [5, 5.41) is 3.39. The van der Waals surface area contributed by atoms with Crippen molar-refractivity contribution in [3.8, 4) is 0 Å². The highest BCUT2D eigenvalue weighted by Gasteiger charge is 2.12. The molecule has 114 valence electrons. The Labute approximate surface area is 126 Å². The van der Waals surface area contributed by atoms with Gasteiger partial charge in [-0.3, -0.25) is 9.78 Å². The number of rotatable bonds is 7. The van der Waals surface area contributed by atoms with Gasteiger partial charge in [-0.15, -0.1) is 0 Å². The van der Waals surface area contributed by atoms with Crippen molar-refractivity contribution in [3.05, 3.63) is 35.7 Å². The lowest BCUT2D eigenvalue weighted by Gasteiger charge is -2.22. The average molecular weight is 287 g/mol. The molecule has 1 saturated heterocycles. The zero-order valence-electron chi connectivity index (χ0n) is 12.6. The smallest absolute Gasteiger partial charge is 0.244 e. The van der Waals surface area contributed by atoms with Gasteiger partial charge in [0.05, 0.1) is 0 Å². The van der Waals surface area contributed by atoms with Gasteiger partial charge in [-0.25, -0.2) is 0 Å². The van der Waals surface area contributed by atoms with Crippen LogP contribution in [-0.4, -0.2) is 24.0 Å². The highest BCUT2D eigenvalue weighted by Crippen LogP contribution is 2.20. The van der Waals surface area contributed by atoms with Crippen LogP contribution in [0.2, 0.25) is 0 Å². The molecule has 1 aromatic rings. The first-order chi connectivity index (χ1) is 10.3. The van der Waals surface area contributed by atoms with E-state index >= 15 is 0 Å². The van der Waals surface area contributed by atoms with Gasteiger partial charge in [-0.2, -0.15) is 0 Å². The Hall–Kier alpha value is -1.68. The zero-order valence-corrected chi connectivity index (χ0v) is 12.6. The van der Waals surface area contributed by atoms with Crippen molar-refractivity contribution in [2.75, 3.05) is 13.1 Å². The number of nitrogens with zero attached hydrogens (tertiary/aromatic N) is 1. The van der Waals surface area contributed by atoms with E-state index in [2.05, 4.69) is 10.3 Å². The van der Waals surface area contributed by atoms with Crippen molar-refractivity contribution in [3.63, 3.8) is 0 Å². The number of aromatic nitrogens is 1. The zero-order chi connectivity index (χ0) is 14.9. The first-order valence-corrected chi connectivity index (χ1v) is 7.87. The third-order valence-electron chi connectivity index (χ3n) is 4.11. The lowest BCUT2D eigenvalue weighted by Crippen LogP contribution is -2.27. The van der Waals surface area contributed by atoms with Crippen LogP contribution >= 0.6 is 0 Å². The maximum Gasteiger partial charge on any atom is 0.244 e. The number of hydrogen-bond acceptors (Lipinski definition) is 3. The molecule has 0 saturated carbocycles. The number of piperidine rings is 1. The maximum atomic E-state index is 11.5. The largest absolute Gasteiger partial charge is 0.366 e. The van der Waals surface area contributed by atoms with Crippen LogP contribution in [0.1, 0.15) is 44.1 Å². The number of pyridine rings is 1. The first kappa shape index (κ1) is 15.7. The minimum atomic E-state index is -0.319. The molecule has 0 radical (unpaired) electrons. The molecule has 0 spiro atoms. The lowest BCUT2D eigenvalue weighted by molar-refractivity contribution is -0.114. The number of primary amides is 1. The molecule has 2 heterocycles. The minimum absolute atomic E-state index is 0.319. The third-order valence-corrected chi connectivity index (χ3v) is 4.11. The van der Waals surface area contributed by atoms with E-state index in [0.29, 0.717) is 5.57 Å². The topological polar surface area (TPSA) is 68.0 Å². The summed E-state index contributed by atoms with van der Waals surface area (Å²) < 4.78 is 0. The number of nitrogens with two attached hydrogens (primary N) is 1. The lowest BCUT2D eigenvalue weighted by atomic mass is 9.91. The predicted molar refractivity (Wildman–Crippen MR) is 85.5 cm³/mol. The van der Waals surface area contributed by atoms with Crippen molar-refractivity contribution in [1.82, 2.24) is 10.3 Å². The van der Waals surface area contributed by atoms with Crippen LogP contribution in [0.25, 0.3) is 6.08 Å². The summed E-state index contributed by atoms with van der Waals surface area (Å²) in [6.07, 6.45) is 12.1. The Morgan fingerprint density at radius 2 is 2.19 bits per heavy atom. The van der Waals surface area contributed by atoms with Crippen molar-refractivity contribution < 1.29 is 4.79 Å². The molecule has 3 N–H and O–H groups in total. The van der Waals surface area contributed by atoms with Crippen LogP contribution in [0.5, 0.6) is 0 Å². The predicted octanol–water partition coefficient (Wildman–Crippen LogP) is 2.51. The Morgan fingerprint density at radius 3 is 2.86 bits per heavy atom. The molecule has 1 aliphatic heterocycles. The minimum Gasteiger partial charge on any atom is -0.366 e. The van der Waals surface area contributed by atoms with E-state index in [4.69, 9.17) is 5.73 Å². The van der Waals surface area contributed by atoms with Crippen LogP contribution in [0, 0.1) is 5.92 Å². The fourth-order valence-electron chi connectivity index (χ4n) is 2.85. The second-order valence-corrected chi connectivity index (χ2v) is 5.76.